The highest BCUT2D eigenvalue weighted by Gasteiger charge is 2.43. The molecule has 0 fully saturated rings. The molecule has 0 bridgehead atoms. The van der Waals surface area contributed by atoms with E-state index in [1.54, 1.807) is 29.5 Å². The van der Waals surface area contributed by atoms with E-state index >= 15 is 0 Å². The molecule has 0 saturated carbocycles. The highest BCUT2D eigenvalue weighted by molar-refractivity contribution is 8.15. The van der Waals surface area contributed by atoms with Crippen LogP contribution >= 0.6 is 23.1 Å². The van der Waals surface area contributed by atoms with Crippen LogP contribution in [0.15, 0.2) is 70.0 Å². The van der Waals surface area contributed by atoms with Gasteiger partial charge in [-0.15, -0.1) is 11.3 Å². The fourth-order valence-corrected chi connectivity index (χ4v) is 6.17. The first-order valence-corrected chi connectivity index (χ1v) is 14.5. The number of carbonyl (C=O) groups is 3. The zero-order valence-corrected chi connectivity index (χ0v) is 23.1. The molecular formula is C28H25N5O5S2. The molecule has 3 amide bonds. The van der Waals surface area contributed by atoms with Crippen LogP contribution in [0.4, 0.5) is 11.4 Å². The number of hydrogen-bond acceptors (Lipinski definition) is 9. The van der Waals surface area contributed by atoms with Gasteiger partial charge in [-0.25, -0.2) is 9.89 Å². The van der Waals surface area contributed by atoms with Crippen molar-refractivity contribution in [2.75, 3.05) is 12.1 Å². The predicted octanol–water partition coefficient (Wildman–Crippen LogP) is 4.29. The molecule has 0 radical (unpaired) electrons. The van der Waals surface area contributed by atoms with Crippen molar-refractivity contribution in [3.63, 3.8) is 0 Å². The van der Waals surface area contributed by atoms with Crippen molar-refractivity contribution in [1.82, 2.24) is 10.2 Å². The second kappa shape index (κ2) is 11.1. The van der Waals surface area contributed by atoms with Crippen molar-refractivity contribution in [2.24, 2.45) is 9.98 Å². The largest absolute Gasteiger partial charge is 0.454 e. The van der Waals surface area contributed by atoms with E-state index in [-0.39, 0.29) is 30.9 Å². The van der Waals surface area contributed by atoms with Gasteiger partial charge in [0.2, 0.25) is 18.6 Å². The van der Waals surface area contributed by atoms with Crippen molar-refractivity contribution < 1.29 is 23.9 Å². The quantitative estimate of drug-likeness (QED) is 0.413. The minimum atomic E-state index is -0.877. The average molecular weight is 576 g/mol. The van der Waals surface area contributed by atoms with Gasteiger partial charge in [0.25, 0.3) is 5.91 Å². The Morgan fingerprint density at radius 3 is 2.83 bits per heavy atom. The Kier molecular flexibility index (Phi) is 7.27. The summed E-state index contributed by atoms with van der Waals surface area (Å²) in [7, 11) is 0. The maximum atomic E-state index is 13.6. The van der Waals surface area contributed by atoms with Crippen molar-refractivity contribution >= 4 is 63.2 Å². The number of fused-ring (bicyclic) bond motifs is 4. The van der Waals surface area contributed by atoms with E-state index in [9.17, 15) is 14.4 Å². The molecule has 12 heteroatoms. The van der Waals surface area contributed by atoms with E-state index in [1.165, 1.54) is 16.7 Å². The second-order valence-corrected chi connectivity index (χ2v) is 11.4. The molecule has 4 heterocycles. The highest BCUT2D eigenvalue weighted by atomic mass is 32.2. The van der Waals surface area contributed by atoms with Crippen LogP contribution in [0.3, 0.4) is 0 Å². The van der Waals surface area contributed by atoms with Crippen molar-refractivity contribution in [1.29, 1.82) is 0 Å². The van der Waals surface area contributed by atoms with E-state index in [0.29, 0.717) is 52.4 Å². The summed E-state index contributed by atoms with van der Waals surface area (Å²) >= 11 is 2.75. The summed E-state index contributed by atoms with van der Waals surface area (Å²) in [5, 5.41) is 7.55. The lowest BCUT2D eigenvalue weighted by molar-refractivity contribution is -0.128. The number of para-hydroxylation sites is 1. The van der Waals surface area contributed by atoms with Crippen LogP contribution in [0.5, 0.6) is 11.5 Å². The Morgan fingerprint density at radius 2 is 2.00 bits per heavy atom. The van der Waals surface area contributed by atoms with E-state index in [2.05, 4.69) is 15.6 Å². The highest BCUT2D eigenvalue weighted by Crippen LogP contribution is 2.37. The van der Waals surface area contributed by atoms with Crippen LogP contribution in [0.1, 0.15) is 30.2 Å². The number of amides is 3. The van der Waals surface area contributed by atoms with Gasteiger partial charge in [-0.1, -0.05) is 36.9 Å². The number of nitrogens with one attached hydrogen (secondary N) is 2. The molecule has 0 spiro atoms. The van der Waals surface area contributed by atoms with Crippen LogP contribution in [-0.2, 0) is 20.9 Å². The molecule has 0 unspecified atom stereocenters. The Labute approximate surface area is 238 Å². The molecule has 0 saturated heterocycles. The van der Waals surface area contributed by atoms with Gasteiger partial charge < -0.3 is 20.1 Å². The van der Waals surface area contributed by atoms with Crippen LogP contribution in [-0.4, -0.2) is 51.7 Å². The lowest BCUT2D eigenvalue weighted by Crippen LogP contribution is -2.43. The van der Waals surface area contributed by atoms with Gasteiger partial charge in [-0.05, 0) is 42.1 Å². The van der Waals surface area contributed by atoms with E-state index in [0.717, 1.165) is 4.88 Å². The van der Waals surface area contributed by atoms with Crippen LogP contribution in [0.2, 0.25) is 0 Å². The lowest BCUT2D eigenvalue weighted by Gasteiger charge is -2.27. The maximum absolute atomic E-state index is 13.6. The monoisotopic (exact) mass is 575 g/mol. The van der Waals surface area contributed by atoms with Gasteiger partial charge in [0, 0.05) is 22.2 Å². The van der Waals surface area contributed by atoms with E-state index in [4.69, 9.17) is 14.5 Å². The third-order valence-electron chi connectivity index (χ3n) is 6.52. The van der Waals surface area contributed by atoms with Crippen molar-refractivity contribution in [2.45, 2.75) is 37.6 Å². The van der Waals surface area contributed by atoms with Crippen molar-refractivity contribution in [3.8, 4) is 11.5 Å². The molecule has 2 aromatic carbocycles. The number of amidine groups is 2. The molecular weight excluding hydrogens is 550 g/mol. The topological polar surface area (TPSA) is 122 Å². The molecule has 3 aliphatic rings. The summed E-state index contributed by atoms with van der Waals surface area (Å²) in [6.45, 7) is 2.45. The summed E-state index contributed by atoms with van der Waals surface area (Å²) in [5.41, 5.74) is 1.94. The second-order valence-electron chi connectivity index (χ2n) is 9.19. The predicted molar refractivity (Wildman–Crippen MR) is 154 cm³/mol. The lowest BCUT2D eigenvalue weighted by atomic mass is 10.1. The average Bonchev–Trinajstić information content (AvgIpc) is 3.71. The van der Waals surface area contributed by atoms with Gasteiger partial charge in [-0.2, -0.15) is 0 Å². The summed E-state index contributed by atoms with van der Waals surface area (Å²) in [5.74, 6) is 0.810. The number of carbonyl (C=O) groups excluding carboxylic acids is 3. The maximum Gasteiger partial charge on any atom is 0.259 e. The minimum absolute atomic E-state index is 0.0773. The molecule has 6 rings (SSSR count). The van der Waals surface area contributed by atoms with Crippen LogP contribution in [0.25, 0.3) is 0 Å². The number of thioether (sulfide) groups is 1. The first kappa shape index (κ1) is 26.1. The number of thiophene rings is 1. The zero-order valence-electron chi connectivity index (χ0n) is 21.5. The Hall–Kier alpha value is -4.16. The number of rotatable bonds is 8. The van der Waals surface area contributed by atoms with Crippen molar-refractivity contribution in [3.05, 3.63) is 70.4 Å². The minimum Gasteiger partial charge on any atom is -0.454 e. The molecule has 204 valence electrons. The molecule has 3 aromatic rings. The first-order valence-electron chi connectivity index (χ1n) is 12.8. The van der Waals surface area contributed by atoms with Gasteiger partial charge in [0.05, 0.1) is 23.9 Å². The van der Waals surface area contributed by atoms with E-state index < -0.39 is 11.3 Å². The summed E-state index contributed by atoms with van der Waals surface area (Å²) < 4.78 is 10.8. The molecule has 2 atom stereocenters. The molecule has 1 aromatic heterocycles. The Morgan fingerprint density at radius 1 is 1.15 bits per heavy atom. The van der Waals surface area contributed by atoms with E-state index in [1.807, 2.05) is 48.7 Å². The van der Waals surface area contributed by atoms with Gasteiger partial charge in [0.15, 0.2) is 16.7 Å². The molecule has 2 N–H and O–H groups in total. The molecule has 3 aliphatic heterocycles. The fraction of sp³-hybridized carbons (Fsp3) is 0.250. The number of nitrogens with zero attached hydrogens (tertiary/aromatic N) is 3. The van der Waals surface area contributed by atoms with Crippen LogP contribution in [0, 0.1) is 0 Å². The normalized spacial score (nSPS) is 17.5. The molecule has 10 nitrogen and oxygen atoms in total. The standard InChI is InChI=1S/C28H25N5O5S2/c1-2-23(26(35)30-16-9-10-21-22(12-16)38-15-37-21)40-28-32-19-8-4-3-7-18(19)25-31-20(27(36)33(25)28)13-24(34)29-14-17-6-5-11-39-17/h3-12,20,23H,2,13-15H2,1H3,(H,29,34)(H,30,35)/t20-,23+/m0/s1. The summed E-state index contributed by atoms with van der Waals surface area (Å²) in [6, 6.07) is 15.6. The summed E-state index contributed by atoms with van der Waals surface area (Å²) in [6.07, 6.45) is 0.414. The van der Waals surface area contributed by atoms with Gasteiger partial charge in [-0.3, -0.25) is 19.4 Å². The third kappa shape index (κ3) is 5.19. The van der Waals surface area contributed by atoms with Gasteiger partial charge in [0.1, 0.15) is 11.9 Å². The number of benzene rings is 2. The smallest absolute Gasteiger partial charge is 0.259 e. The SMILES string of the molecule is CC[C@@H](SC1=Nc2ccccc2C2=N[C@@H](CC(=O)NCc3cccs3)C(=O)N12)C(=O)Nc1ccc2c(c1)OCO2. The zero-order chi connectivity index (χ0) is 27.6. The Bertz CT molecular complexity index is 1540. The molecule has 0 aliphatic carbocycles. The number of aliphatic imine (C=N–C) groups is 2. The first-order chi connectivity index (χ1) is 19.5. The van der Waals surface area contributed by atoms with Gasteiger partial charge >= 0.3 is 0 Å². The summed E-state index contributed by atoms with van der Waals surface area (Å²) in [4.78, 5) is 51.4. The Balaban J connectivity index is 1.19. The van der Waals surface area contributed by atoms with Crippen LogP contribution < -0.4 is 20.1 Å². The number of hydrogen-bond donors (Lipinski definition) is 2. The third-order valence-corrected chi connectivity index (χ3v) is 8.71. The molecule has 40 heavy (non-hydrogen) atoms. The fourth-order valence-electron chi connectivity index (χ4n) is 4.51. The number of ether oxygens (including phenoxy) is 2. The number of anilines is 1.